The summed E-state index contributed by atoms with van der Waals surface area (Å²) in [7, 11) is 1.90. The van der Waals surface area contributed by atoms with Crippen LogP contribution in [0.1, 0.15) is 33.8 Å². The predicted octanol–water partition coefficient (Wildman–Crippen LogP) is 4.11. The molecule has 0 amide bonds. The van der Waals surface area contributed by atoms with Gasteiger partial charge >= 0.3 is 5.97 Å². The molecule has 33 heavy (non-hydrogen) atoms. The summed E-state index contributed by atoms with van der Waals surface area (Å²) >= 11 is 1.61. The molecule has 0 spiro atoms. The number of hydrogen-bond donors (Lipinski definition) is 1. The smallest absolute Gasteiger partial charge is 0.341 e. The zero-order chi connectivity index (χ0) is 23.4. The summed E-state index contributed by atoms with van der Waals surface area (Å²) in [6.45, 7) is 1.65. The number of carboxylic acids is 1. The Kier molecular flexibility index (Phi) is 6.69. The Bertz CT molecular complexity index is 1320. The number of carbonyl (C=O) groups excluding carboxylic acids is 1. The highest BCUT2D eigenvalue weighted by atomic mass is 32.2. The Labute approximate surface area is 194 Å². The van der Waals surface area contributed by atoms with Crippen LogP contribution in [0.4, 0.5) is 0 Å². The van der Waals surface area contributed by atoms with Crippen LogP contribution >= 0.6 is 11.8 Å². The Balaban J connectivity index is 1.49. The monoisotopic (exact) mass is 462 g/mol. The molecule has 0 aliphatic rings. The van der Waals surface area contributed by atoms with Crippen LogP contribution in [0.2, 0.25) is 0 Å². The SMILES string of the molecule is C[C@H](Sc1nncn1C)c1cccc(CC(=O)c2ccc3c(OCC(=O)O)cccc3n2)c1. The maximum atomic E-state index is 12.9. The van der Waals surface area contributed by atoms with Gasteiger partial charge in [0.2, 0.25) is 0 Å². The summed E-state index contributed by atoms with van der Waals surface area (Å²) in [5.41, 5.74) is 2.93. The molecule has 0 fully saturated rings. The van der Waals surface area contributed by atoms with Gasteiger partial charge in [-0.15, -0.1) is 10.2 Å². The van der Waals surface area contributed by atoms with Crippen LogP contribution < -0.4 is 4.74 Å². The number of rotatable bonds is 9. The van der Waals surface area contributed by atoms with Gasteiger partial charge in [-0.2, -0.15) is 0 Å². The van der Waals surface area contributed by atoms with Gasteiger partial charge in [-0.3, -0.25) is 4.79 Å². The predicted molar refractivity (Wildman–Crippen MR) is 125 cm³/mol. The molecule has 4 rings (SSSR count). The van der Waals surface area contributed by atoms with E-state index in [-0.39, 0.29) is 17.5 Å². The fourth-order valence-electron chi connectivity index (χ4n) is 3.38. The number of fused-ring (bicyclic) bond motifs is 1. The summed E-state index contributed by atoms with van der Waals surface area (Å²) in [6, 6.07) is 16.5. The summed E-state index contributed by atoms with van der Waals surface area (Å²) in [5, 5.41) is 18.5. The van der Waals surface area contributed by atoms with Crippen molar-refractivity contribution < 1.29 is 19.4 Å². The van der Waals surface area contributed by atoms with Crippen molar-refractivity contribution in [2.45, 2.75) is 23.8 Å². The van der Waals surface area contributed by atoms with Crippen molar-refractivity contribution in [1.82, 2.24) is 19.7 Å². The van der Waals surface area contributed by atoms with E-state index in [9.17, 15) is 9.59 Å². The first-order valence-electron chi connectivity index (χ1n) is 10.3. The molecule has 0 saturated carbocycles. The number of pyridine rings is 1. The molecule has 1 atom stereocenters. The third kappa shape index (κ3) is 5.38. The van der Waals surface area contributed by atoms with E-state index < -0.39 is 12.6 Å². The van der Waals surface area contributed by atoms with Crippen molar-refractivity contribution in [3.8, 4) is 5.75 Å². The number of aromatic nitrogens is 4. The highest BCUT2D eigenvalue weighted by Crippen LogP contribution is 2.33. The first-order valence-corrected chi connectivity index (χ1v) is 11.2. The highest BCUT2D eigenvalue weighted by Gasteiger charge is 2.15. The molecule has 168 valence electrons. The number of carbonyl (C=O) groups is 2. The molecule has 0 saturated heterocycles. The summed E-state index contributed by atoms with van der Waals surface area (Å²) in [6.07, 6.45) is 1.89. The Morgan fingerprint density at radius 1 is 1.15 bits per heavy atom. The molecule has 0 aliphatic heterocycles. The van der Waals surface area contributed by atoms with Gasteiger partial charge < -0.3 is 14.4 Å². The Morgan fingerprint density at radius 3 is 2.73 bits per heavy atom. The lowest BCUT2D eigenvalue weighted by Gasteiger charge is -2.12. The van der Waals surface area contributed by atoms with Crippen molar-refractivity contribution in [3.05, 3.63) is 77.7 Å². The van der Waals surface area contributed by atoms with Crippen molar-refractivity contribution in [2.75, 3.05) is 6.61 Å². The van der Waals surface area contributed by atoms with E-state index in [1.54, 1.807) is 48.4 Å². The molecule has 2 aromatic heterocycles. The third-order valence-corrected chi connectivity index (χ3v) is 6.27. The van der Waals surface area contributed by atoms with Gasteiger partial charge in [0.05, 0.1) is 5.52 Å². The minimum Gasteiger partial charge on any atom is -0.481 e. The average molecular weight is 463 g/mol. The number of Topliss-reactive ketones (excluding diaryl/α,β-unsaturated/α-hetero) is 1. The number of nitrogens with zero attached hydrogens (tertiary/aromatic N) is 4. The molecule has 9 heteroatoms. The van der Waals surface area contributed by atoms with Crippen molar-refractivity contribution >= 4 is 34.4 Å². The molecule has 0 aliphatic carbocycles. The summed E-state index contributed by atoms with van der Waals surface area (Å²) in [4.78, 5) is 28.2. The molecule has 2 heterocycles. The molecule has 2 aromatic carbocycles. The zero-order valence-corrected chi connectivity index (χ0v) is 19.0. The second-order valence-electron chi connectivity index (χ2n) is 7.53. The first kappa shape index (κ1) is 22.5. The van der Waals surface area contributed by atoms with E-state index in [0.717, 1.165) is 16.3 Å². The first-order chi connectivity index (χ1) is 15.9. The van der Waals surface area contributed by atoms with Gasteiger partial charge in [0.25, 0.3) is 0 Å². The van der Waals surface area contributed by atoms with Crippen LogP contribution in [0.25, 0.3) is 10.9 Å². The normalized spacial score (nSPS) is 11.9. The fourth-order valence-corrected chi connectivity index (χ4v) is 4.29. The molecule has 0 bridgehead atoms. The van der Waals surface area contributed by atoms with Crippen LogP contribution in [-0.2, 0) is 18.3 Å². The van der Waals surface area contributed by atoms with Crippen LogP contribution in [-0.4, -0.2) is 43.2 Å². The second kappa shape index (κ2) is 9.83. The van der Waals surface area contributed by atoms with E-state index in [1.165, 1.54) is 0 Å². The number of carboxylic acid groups (broad SMARTS) is 1. The van der Waals surface area contributed by atoms with E-state index in [2.05, 4.69) is 22.1 Å². The lowest BCUT2D eigenvalue weighted by Crippen LogP contribution is -2.10. The van der Waals surface area contributed by atoms with Crippen molar-refractivity contribution in [3.63, 3.8) is 0 Å². The molecular formula is C24H22N4O4S. The lowest BCUT2D eigenvalue weighted by molar-refractivity contribution is -0.139. The van der Waals surface area contributed by atoms with E-state index in [4.69, 9.17) is 9.84 Å². The lowest BCUT2D eigenvalue weighted by atomic mass is 10.0. The number of hydrogen-bond acceptors (Lipinski definition) is 7. The second-order valence-corrected chi connectivity index (χ2v) is 8.84. The number of benzene rings is 2. The zero-order valence-electron chi connectivity index (χ0n) is 18.1. The van der Waals surface area contributed by atoms with Crippen LogP contribution in [0.3, 0.4) is 0 Å². The quantitative estimate of drug-likeness (QED) is 0.293. The van der Waals surface area contributed by atoms with Crippen LogP contribution in [0.5, 0.6) is 5.75 Å². The van der Waals surface area contributed by atoms with Crippen molar-refractivity contribution in [1.29, 1.82) is 0 Å². The molecule has 0 unspecified atom stereocenters. The van der Waals surface area contributed by atoms with Gasteiger partial charge in [-0.25, -0.2) is 9.78 Å². The Morgan fingerprint density at radius 2 is 1.97 bits per heavy atom. The van der Waals surface area contributed by atoms with Gasteiger partial charge in [-0.05, 0) is 42.3 Å². The topological polar surface area (TPSA) is 107 Å². The van der Waals surface area contributed by atoms with Crippen molar-refractivity contribution in [2.24, 2.45) is 7.05 Å². The highest BCUT2D eigenvalue weighted by molar-refractivity contribution is 7.99. The van der Waals surface area contributed by atoms with E-state index in [0.29, 0.717) is 22.3 Å². The van der Waals surface area contributed by atoms with Gasteiger partial charge in [0, 0.05) is 24.1 Å². The number of ketones is 1. The average Bonchev–Trinajstić information content (AvgIpc) is 3.21. The van der Waals surface area contributed by atoms with Gasteiger partial charge in [0.15, 0.2) is 17.5 Å². The maximum Gasteiger partial charge on any atom is 0.341 e. The number of ether oxygens (including phenoxy) is 1. The molecule has 1 N–H and O–H groups in total. The largest absolute Gasteiger partial charge is 0.481 e. The number of thioether (sulfide) groups is 1. The summed E-state index contributed by atoms with van der Waals surface area (Å²) < 4.78 is 7.19. The van der Waals surface area contributed by atoms with Crippen LogP contribution in [0.15, 0.2) is 66.1 Å². The molecule has 4 aromatic rings. The van der Waals surface area contributed by atoms with Gasteiger partial charge in [0.1, 0.15) is 17.8 Å². The van der Waals surface area contributed by atoms with E-state index in [1.807, 2.05) is 35.9 Å². The number of aliphatic carboxylic acids is 1. The minimum absolute atomic E-state index is 0.0977. The van der Waals surface area contributed by atoms with Gasteiger partial charge in [-0.1, -0.05) is 42.1 Å². The third-order valence-electron chi connectivity index (χ3n) is 5.07. The summed E-state index contributed by atoms with van der Waals surface area (Å²) in [5.74, 6) is -0.735. The van der Waals surface area contributed by atoms with E-state index >= 15 is 0 Å². The standard InChI is InChI=1S/C24H22N4O4S/c1-15(33-24-27-25-14-28(24)2)17-6-3-5-16(11-17)12-21(29)20-10-9-18-19(26-20)7-4-8-22(18)32-13-23(30)31/h3-11,14-15H,12-13H2,1-2H3,(H,30,31)/t15-/m0/s1. The Hall–Kier alpha value is -3.72. The minimum atomic E-state index is -1.06. The number of aryl methyl sites for hydroxylation is 1. The maximum absolute atomic E-state index is 12.9. The molecular weight excluding hydrogens is 440 g/mol. The molecule has 0 radical (unpaired) electrons. The fraction of sp³-hybridized carbons (Fsp3) is 0.208. The molecule has 8 nitrogen and oxygen atoms in total. The van der Waals surface area contributed by atoms with Crippen LogP contribution in [0, 0.1) is 0 Å².